The lowest BCUT2D eigenvalue weighted by molar-refractivity contribution is -0.145. The van der Waals surface area contributed by atoms with Crippen LogP contribution in [0.3, 0.4) is 0 Å². The molecule has 1 aromatic heterocycles. The summed E-state index contributed by atoms with van der Waals surface area (Å²) in [5.41, 5.74) is -1.16. The summed E-state index contributed by atoms with van der Waals surface area (Å²) >= 11 is 0. The number of hydrogen-bond donors (Lipinski definition) is 5. The summed E-state index contributed by atoms with van der Waals surface area (Å²) in [5.74, 6) is -3.23. The predicted molar refractivity (Wildman–Crippen MR) is 196 cm³/mol. The Morgan fingerprint density at radius 1 is 0.887 bits per heavy atom. The van der Waals surface area contributed by atoms with E-state index >= 15 is 0 Å². The number of rotatable bonds is 15. The molecule has 1 aliphatic heterocycles. The van der Waals surface area contributed by atoms with E-state index in [9.17, 15) is 33.9 Å². The van der Waals surface area contributed by atoms with Crippen molar-refractivity contribution in [2.24, 2.45) is 35.0 Å². The molecule has 4 aliphatic rings. The Morgan fingerprint density at radius 3 is 2.17 bits per heavy atom. The number of carbonyl (C=O) groups excluding carboxylic acids is 5. The second-order valence-corrected chi connectivity index (χ2v) is 16.9. The Labute approximate surface area is 312 Å². The second-order valence-electron chi connectivity index (χ2n) is 16.9. The van der Waals surface area contributed by atoms with Gasteiger partial charge in [-0.15, -0.1) is 0 Å². The molecule has 1 saturated heterocycles. The number of carbonyl (C=O) groups is 6. The molecule has 14 heteroatoms. The number of hydrogen-bond acceptors (Lipinski definition) is 8. The molecule has 5 N–H and O–H groups in total. The molecule has 3 aliphatic carbocycles. The largest absolute Gasteiger partial charge is 0.476 e. The van der Waals surface area contributed by atoms with Crippen molar-refractivity contribution < 1.29 is 33.9 Å². The fourth-order valence-corrected chi connectivity index (χ4v) is 8.56. The Kier molecular flexibility index (Phi) is 13.1. The van der Waals surface area contributed by atoms with E-state index in [0.717, 1.165) is 76.6 Å². The number of amides is 5. The van der Waals surface area contributed by atoms with Crippen molar-refractivity contribution in [3.8, 4) is 0 Å². The van der Waals surface area contributed by atoms with Gasteiger partial charge in [-0.2, -0.15) is 0 Å². The topological polar surface area (TPSA) is 200 Å². The number of likely N-dealkylation sites (tertiary alicyclic amines) is 1. The van der Waals surface area contributed by atoms with Gasteiger partial charge in [-0.1, -0.05) is 66.7 Å². The van der Waals surface area contributed by atoms with E-state index in [0.29, 0.717) is 25.9 Å². The van der Waals surface area contributed by atoms with Gasteiger partial charge in [0.15, 0.2) is 5.69 Å². The summed E-state index contributed by atoms with van der Waals surface area (Å²) in [6.45, 7) is 10.4. The van der Waals surface area contributed by atoms with Crippen LogP contribution in [0.15, 0.2) is 12.4 Å². The fraction of sp³-hybridized carbons (Fsp3) is 0.744. The molecular weight excluding hydrogens is 678 g/mol. The van der Waals surface area contributed by atoms with Gasteiger partial charge in [0.25, 0.3) is 5.91 Å². The molecule has 0 radical (unpaired) electrons. The molecule has 7 atom stereocenters. The van der Waals surface area contributed by atoms with Crippen molar-refractivity contribution in [1.82, 2.24) is 36.1 Å². The molecule has 14 nitrogen and oxygen atoms in total. The Morgan fingerprint density at radius 2 is 1.57 bits per heavy atom. The SMILES string of the molecule is CCC[C@H](CNC(=O)[C@@H]1C2CCC[C@H]2CN1C(=O)[C@@H](NC(=O)[C@@H](NC(=O)c1cnc(C(=O)O)cn1)C1CCCCC1)C(C)(C)C)C(C)C(=O)NC1CC1. The smallest absolute Gasteiger partial charge is 0.356 e. The van der Waals surface area contributed by atoms with Crippen LogP contribution < -0.4 is 21.3 Å². The van der Waals surface area contributed by atoms with Crippen LogP contribution in [0.2, 0.25) is 0 Å². The first-order valence-electron chi connectivity index (χ1n) is 19.7. The number of aromatic nitrogens is 2. The predicted octanol–water partition coefficient (Wildman–Crippen LogP) is 3.46. The van der Waals surface area contributed by atoms with Crippen LogP contribution in [-0.4, -0.2) is 92.7 Å². The minimum absolute atomic E-state index is 0.0124. The number of carboxylic acids is 1. The van der Waals surface area contributed by atoms with E-state index < -0.39 is 41.3 Å². The van der Waals surface area contributed by atoms with Crippen molar-refractivity contribution in [3.63, 3.8) is 0 Å². The van der Waals surface area contributed by atoms with Gasteiger partial charge in [0, 0.05) is 25.0 Å². The lowest BCUT2D eigenvalue weighted by Crippen LogP contribution is -2.62. The molecule has 53 heavy (non-hydrogen) atoms. The molecule has 2 unspecified atom stereocenters. The lowest BCUT2D eigenvalue weighted by atomic mass is 9.82. The van der Waals surface area contributed by atoms with Crippen LogP contribution in [-0.2, 0) is 19.2 Å². The molecule has 2 heterocycles. The number of nitrogens with one attached hydrogen (secondary N) is 4. The summed E-state index contributed by atoms with van der Waals surface area (Å²) in [7, 11) is 0. The third-order valence-corrected chi connectivity index (χ3v) is 11.9. The van der Waals surface area contributed by atoms with Crippen LogP contribution in [0.1, 0.15) is 133 Å². The standard InChI is InChI=1S/C39H59N7O7/c1-6-11-24(22(2)33(47)43-26-16-17-26)18-42-36(50)31-27-15-10-14-25(27)21-46(31)37(51)32(39(3,4)5)45-35(49)30(23-12-8-7-9-13-23)44-34(48)28-19-41-29(20-40-28)38(52)53/h19-20,22-27,30-32H,6-18,21H2,1-5H3,(H,42,50)(H,43,47)(H,44,48)(H,45,49)(H,52,53)/t22?,24-,25+,27?,30+,31+,32-/m1/s1. The molecule has 5 amide bonds. The minimum atomic E-state index is -1.27. The van der Waals surface area contributed by atoms with Crippen LogP contribution in [0, 0.1) is 35.0 Å². The summed E-state index contributed by atoms with van der Waals surface area (Å²) in [4.78, 5) is 90.0. The zero-order valence-electron chi connectivity index (χ0n) is 32.0. The average Bonchev–Trinajstić information content (AvgIpc) is 3.70. The van der Waals surface area contributed by atoms with E-state index in [1.54, 1.807) is 4.90 Å². The average molecular weight is 738 g/mol. The number of nitrogens with zero attached hydrogens (tertiary/aromatic N) is 3. The van der Waals surface area contributed by atoms with Gasteiger partial charge < -0.3 is 31.3 Å². The molecule has 0 spiro atoms. The number of aromatic carboxylic acids is 1. The van der Waals surface area contributed by atoms with Crippen LogP contribution in [0.25, 0.3) is 0 Å². The molecule has 4 fully saturated rings. The van der Waals surface area contributed by atoms with Gasteiger partial charge in [0.1, 0.15) is 23.8 Å². The summed E-state index contributed by atoms with van der Waals surface area (Å²) in [5, 5.41) is 21.3. The van der Waals surface area contributed by atoms with Gasteiger partial charge in [-0.25, -0.2) is 14.8 Å². The van der Waals surface area contributed by atoms with Crippen molar-refractivity contribution in [3.05, 3.63) is 23.8 Å². The van der Waals surface area contributed by atoms with Crippen molar-refractivity contribution in [2.75, 3.05) is 13.1 Å². The lowest BCUT2D eigenvalue weighted by Gasteiger charge is -2.38. The summed E-state index contributed by atoms with van der Waals surface area (Å²) < 4.78 is 0. The van der Waals surface area contributed by atoms with Gasteiger partial charge in [-0.05, 0) is 74.0 Å². The molecule has 0 bridgehead atoms. The molecule has 5 rings (SSSR count). The normalized spacial score (nSPS) is 23.9. The van der Waals surface area contributed by atoms with Crippen LogP contribution >= 0.6 is 0 Å². The Hall–Kier alpha value is -4.10. The second kappa shape index (κ2) is 17.4. The van der Waals surface area contributed by atoms with E-state index in [-0.39, 0.29) is 64.7 Å². The highest BCUT2D eigenvalue weighted by Crippen LogP contribution is 2.43. The van der Waals surface area contributed by atoms with Gasteiger partial charge >= 0.3 is 5.97 Å². The van der Waals surface area contributed by atoms with E-state index in [2.05, 4.69) is 38.2 Å². The first-order chi connectivity index (χ1) is 25.2. The van der Waals surface area contributed by atoms with Gasteiger partial charge in [0.2, 0.25) is 23.6 Å². The molecule has 0 aromatic carbocycles. The Bertz CT molecular complexity index is 1500. The quantitative estimate of drug-likeness (QED) is 0.179. The van der Waals surface area contributed by atoms with Crippen molar-refractivity contribution in [2.45, 2.75) is 136 Å². The number of fused-ring (bicyclic) bond motifs is 1. The highest BCUT2D eigenvalue weighted by molar-refractivity contribution is 5.98. The highest BCUT2D eigenvalue weighted by atomic mass is 16.4. The monoisotopic (exact) mass is 737 g/mol. The van der Waals surface area contributed by atoms with E-state index in [1.165, 1.54) is 0 Å². The maximum Gasteiger partial charge on any atom is 0.356 e. The van der Waals surface area contributed by atoms with E-state index in [1.807, 2.05) is 27.7 Å². The van der Waals surface area contributed by atoms with Crippen LogP contribution in [0.4, 0.5) is 0 Å². The first kappa shape index (κ1) is 40.1. The van der Waals surface area contributed by atoms with Crippen molar-refractivity contribution in [1.29, 1.82) is 0 Å². The zero-order chi connectivity index (χ0) is 38.4. The first-order valence-corrected chi connectivity index (χ1v) is 19.7. The maximum atomic E-state index is 14.7. The van der Waals surface area contributed by atoms with Gasteiger partial charge in [-0.3, -0.25) is 24.0 Å². The Balaban J connectivity index is 1.32. The maximum absolute atomic E-state index is 14.7. The molecule has 1 aromatic rings. The van der Waals surface area contributed by atoms with Crippen molar-refractivity contribution >= 4 is 35.5 Å². The van der Waals surface area contributed by atoms with Gasteiger partial charge in [0.05, 0.1) is 12.4 Å². The third-order valence-electron chi connectivity index (χ3n) is 11.9. The minimum Gasteiger partial charge on any atom is -0.476 e. The summed E-state index contributed by atoms with van der Waals surface area (Å²) in [6, 6.07) is -2.37. The van der Waals surface area contributed by atoms with E-state index in [4.69, 9.17) is 0 Å². The zero-order valence-corrected chi connectivity index (χ0v) is 32.0. The molecule has 3 saturated carbocycles. The molecule has 292 valence electrons. The molecular formula is C39H59N7O7. The highest BCUT2D eigenvalue weighted by Gasteiger charge is 2.52. The third kappa shape index (κ3) is 9.91. The fourth-order valence-electron chi connectivity index (χ4n) is 8.56. The number of carboxylic acid groups (broad SMARTS) is 1. The van der Waals surface area contributed by atoms with Crippen LogP contribution in [0.5, 0.6) is 0 Å². The summed E-state index contributed by atoms with van der Waals surface area (Å²) in [6.07, 6.45) is 12.7.